The molecule has 0 saturated carbocycles. The number of hydrogen-bond acceptors (Lipinski definition) is 2. The average molecular weight is 239 g/mol. The molecule has 0 aromatic heterocycles. The van der Waals surface area contributed by atoms with Gasteiger partial charge in [-0.3, -0.25) is 4.79 Å². The van der Waals surface area contributed by atoms with Crippen molar-refractivity contribution in [3.8, 4) is 0 Å². The number of carbonyl (C=O) groups is 1. The average Bonchev–Trinajstić information content (AvgIpc) is 2.28. The molecule has 0 aliphatic heterocycles. The van der Waals surface area contributed by atoms with Crippen LogP contribution >= 0.6 is 0 Å². The number of hydrogen-bond donors (Lipinski definition) is 2. The number of aliphatic hydroxyl groups excluding tert-OH is 1. The highest BCUT2D eigenvalue weighted by atomic mass is 16.3. The molecule has 0 bridgehead atoms. The normalized spacial score (nSPS) is 22.2. The van der Waals surface area contributed by atoms with E-state index in [1.54, 1.807) is 0 Å². The fourth-order valence-corrected chi connectivity index (χ4v) is 2.17. The zero-order chi connectivity index (χ0) is 12.9. The predicted molar refractivity (Wildman–Crippen MR) is 69.6 cm³/mol. The molecule has 2 atom stereocenters. The first-order valence-electron chi connectivity index (χ1n) is 6.51. The third-order valence-corrected chi connectivity index (χ3v) is 3.42. The van der Waals surface area contributed by atoms with Crippen molar-refractivity contribution in [2.75, 3.05) is 6.61 Å². The van der Waals surface area contributed by atoms with Gasteiger partial charge < -0.3 is 10.4 Å². The molecule has 3 nitrogen and oxygen atoms in total. The van der Waals surface area contributed by atoms with Gasteiger partial charge in [-0.25, -0.2) is 0 Å². The van der Waals surface area contributed by atoms with Crippen molar-refractivity contribution in [2.24, 2.45) is 11.3 Å². The van der Waals surface area contributed by atoms with Gasteiger partial charge in [0.15, 0.2) is 0 Å². The summed E-state index contributed by atoms with van der Waals surface area (Å²) in [5.74, 6) is 0.256. The summed E-state index contributed by atoms with van der Waals surface area (Å²) in [7, 11) is 0. The molecule has 1 amide bonds. The maximum atomic E-state index is 12.1. The summed E-state index contributed by atoms with van der Waals surface area (Å²) in [6, 6.07) is 0.0471. The molecule has 98 valence electrons. The molecule has 1 rings (SSSR count). The molecule has 0 aromatic carbocycles. The van der Waals surface area contributed by atoms with E-state index in [1.807, 2.05) is 0 Å². The molecular formula is C14H25NO2. The van der Waals surface area contributed by atoms with E-state index in [2.05, 4.69) is 38.2 Å². The zero-order valence-electron chi connectivity index (χ0n) is 11.2. The minimum Gasteiger partial charge on any atom is -0.396 e. The van der Waals surface area contributed by atoms with Crippen molar-refractivity contribution in [3.63, 3.8) is 0 Å². The highest BCUT2D eigenvalue weighted by molar-refractivity contribution is 5.79. The van der Waals surface area contributed by atoms with Gasteiger partial charge in [0, 0.05) is 18.6 Å². The number of amides is 1. The standard InChI is InChI=1S/C14H25NO2/c1-14(2,3)12(9-10-16)15-13(17)11-7-5-4-6-8-11/h4-5,11-12,16H,6-10H2,1-3H3,(H,15,17). The quantitative estimate of drug-likeness (QED) is 0.739. The molecule has 0 aromatic rings. The van der Waals surface area contributed by atoms with Gasteiger partial charge in [0.2, 0.25) is 5.91 Å². The summed E-state index contributed by atoms with van der Waals surface area (Å²) in [6.45, 7) is 6.39. The number of aliphatic hydroxyl groups is 1. The van der Waals surface area contributed by atoms with Crippen molar-refractivity contribution in [3.05, 3.63) is 12.2 Å². The zero-order valence-corrected chi connectivity index (χ0v) is 11.2. The van der Waals surface area contributed by atoms with E-state index >= 15 is 0 Å². The summed E-state index contributed by atoms with van der Waals surface area (Å²) < 4.78 is 0. The van der Waals surface area contributed by atoms with E-state index in [0.717, 1.165) is 19.3 Å². The van der Waals surface area contributed by atoms with Crippen molar-refractivity contribution in [2.45, 2.75) is 52.5 Å². The van der Waals surface area contributed by atoms with Crippen LogP contribution in [0.1, 0.15) is 46.5 Å². The Bertz CT molecular complexity index is 278. The molecule has 2 unspecified atom stereocenters. The summed E-state index contributed by atoms with van der Waals surface area (Å²) in [5, 5.41) is 12.2. The van der Waals surface area contributed by atoms with Crippen LogP contribution < -0.4 is 5.32 Å². The van der Waals surface area contributed by atoms with Crippen LogP contribution in [-0.2, 0) is 4.79 Å². The molecule has 1 aliphatic rings. The highest BCUT2D eigenvalue weighted by Gasteiger charge is 2.28. The largest absolute Gasteiger partial charge is 0.396 e. The smallest absolute Gasteiger partial charge is 0.223 e. The maximum Gasteiger partial charge on any atom is 0.223 e. The van der Waals surface area contributed by atoms with Crippen LogP contribution in [0.5, 0.6) is 0 Å². The molecule has 2 N–H and O–H groups in total. The second-order valence-electron chi connectivity index (χ2n) is 5.92. The van der Waals surface area contributed by atoms with E-state index in [-0.39, 0.29) is 29.9 Å². The van der Waals surface area contributed by atoms with Gasteiger partial charge in [0.1, 0.15) is 0 Å². The second kappa shape index (κ2) is 6.20. The third-order valence-electron chi connectivity index (χ3n) is 3.42. The summed E-state index contributed by atoms with van der Waals surface area (Å²) in [6.07, 6.45) is 7.64. The monoisotopic (exact) mass is 239 g/mol. The minimum atomic E-state index is -0.0110. The molecule has 0 radical (unpaired) electrons. The Morgan fingerprint density at radius 1 is 1.47 bits per heavy atom. The van der Waals surface area contributed by atoms with E-state index < -0.39 is 0 Å². The fourth-order valence-electron chi connectivity index (χ4n) is 2.17. The van der Waals surface area contributed by atoms with Gasteiger partial charge in [0.25, 0.3) is 0 Å². The maximum absolute atomic E-state index is 12.1. The fraction of sp³-hybridized carbons (Fsp3) is 0.786. The van der Waals surface area contributed by atoms with Crippen molar-refractivity contribution >= 4 is 5.91 Å². The third kappa shape index (κ3) is 4.50. The summed E-state index contributed by atoms with van der Waals surface area (Å²) in [5.41, 5.74) is -0.0110. The van der Waals surface area contributed by atoms with Crippen LogP contribution in [0, 0.1) is 11.3 Å². The summed E-state index contributed by atoms with van der Waals surface area (Å²) in [4.78, 5) is 12.1. The lowest BCUT2D eigenvalue weighted by Crippen LogP contribution is -2.46. The van der Waals surface area contributed by atoms with E-state index in [4.69, 9.17) is 5.11 Å². The first kappa shape index (κ1) is 14.2. The summed E-state index contributed by atoms with van der Waals surface area (Å²) >= 11 is 0. The van der Waals surface area contributed by atoms with E-state index in [1.165, 1.54) is 0 Å². The molecule has 0 fully saturated rings. The molecule has 17 heavy (non-hydrogen) atoms. The van der Waals surface area contributed by atoms with Crippen LogP contribution in [0.15, 0.2) is 12.2 Å². The van der Waals surface area contributed by atoms with Crippen LogP contribution in [0.25, 0.3) is 0 Å². The van der Waals surface area contributed by atoms with Crippen LogP contribution in [0.2, 0.25) is 0 Å². The lowest BCUT2D eigenvalue weighted by atomic mass is 9.84. The van der Waals surface area contributed by atoms with E-state index in [9.17, 15) is 4.79 Å². The number of rotatable bonds is 4. The first-order valence-corrected chi connectivity index (χ1v) is 6.51. The van der Waals surface area contributed by atoms with Crippen LogP contribution in [0.3, 0.4) is 0 Å². The van der Waals surface area contributed by atoms with Gasteiger partial charge in [-0.2, -0.15) is 0 Å². The lowest BCUT2D eigenvalue weighted by molar-refractivity contribution is -0.126. The van der Waals surface area contributed by atoms with Gasteiger partial charge in [-0.15, -0.1) is 0 Å². The number of nitrogens with one attached hydrogen (secondary N) is 1. The molecule has 0 heterocycles. The van der Waals surface area contributed by atoms with Crippen LogP contribution in [-0.4, -0.2) is 23.7 Å². The van der Waals surface area contributed by atoms with Gasteiger partial charge >= 0.3 is 0 Å². The van der Waals surface area contributed by atoms with Crippen molar-refractivity contribution < 1.29 is 9.90 Å². The SMILES string of the molecule is CC(C)(C)C(CCO)NC(=O)C1CC=CCC1. The second-order valence-corrected chi connectivity index (χ2v) is 5.92. The van der Waals surface area contributed by atoms with E-state index in [0.29, 0.717) is 6.42 Å². The Labute approximate surface area is 104 Å². The number of allylic oxidation sites excluding steroid dienone is 2. The topological polar surface area (TPSA) is 49.3 Å². The Morgan fingerprint density at radius 2 is 2.18 bits per heavy atom. The number of carbonyl (C=O) groups excluding carboxylic acids is 1. The Hall–Kier alpha value is -0.830. The highest BCUT2D eigenvalue weighted by Crippen LogP contribution is 2.24. The first-order chi connectivity index (χ1) is 7.95. The van der Waals surface area contributed by atoms with Crippen LogP contribution in [0.4, 0.5) is 0 Å². The van der Waals surface area contributed by atoms with Crippen molar-refractivity contribution in [1.29, 1.82) is 0 Å². The van der Waals surface area contributed by atoms with Gasteiger partial charge in [-0.1, -0.05) is 32.9 Å². The Balaban J connectivity index is 2.54. The lowest BCUT2D eigenvalue weighted by Gasteiger charge is -2.32. The molecule has 0 saturated heterocycles. The van der Waals surface area contributed by atoms with Gasteiger partial charge in [0.05, 0.1) is 0 Å². The molecule has 0 spiro atoms. The molecule has 1 aliphatic carbocycles. The molecule has 3 heteroatoms. The van der Waals surface area contributed by atoms with Gasteiger partial charge in [-0.05, 0) is 31.1 Å². The predicted octanol–water partition coefficient (Wildman–Crippen LogP) is 2.26. The Kier molecular flexibility index (Phi) is 5.19. The molecular weight excluding hydrogens is 214 g/mol. The minimum absolute atomic E-state index is 0.0110. The van der Waals surface area contributed by atoms with Crippen molar-refractivity contribution in [1.82, 2.24) is 5.32 Å². The Morgan fingerprint density at radius 3 is 2.65 bits per heavy atom.